The molecule has 3 aromatic rings. The van der Waals surface area contributed by atoms with Crippen LogP contribution >= 0.6 is 0 Å². The van der Waals surface area contributed by atoms with Crippen LogP contribution in [0.3, 0.4) is 0 Å². The molecule has 0 radical (unpaired) electrons. The highest BCUT2D eigenvalue weighted by atomic mass is 32.2. The summed E-state index contributed by atoms with van der Waals surface area (Å²) in [5.74, 6) is -1.06. The van der Waals surface area contributed by atoms with E-state index in [0.29, 0.717) is 31.8 Å². The van der Waals surface area contributed by atoms with Crippen LogP contribution in [0.1, 0.15) is 21.5 Å². The van der Waals surface area contributed by atoms with Crippen LogP contribution < -0.4 is 0 Å². The van der Waals surface area contributed by atoms with Gasteiger partial charge in [-0.2, -0.15) is 0 Å². The van der Waals surface area contributed by atoms with E-state index in [-0.39, 0.29) is 20.7 Å². The number of carbonyl (C=O) groups is 1. The zero-order valence-electron chi connectivity index (χ0n) is 16.7. The van der Waals surface area contributed by atoms with Crippen molar-refractivity contribution in [3.05, 3.63) is 65.1 Å². The van der Waals surface area contributed by atoms with E-state index >= 15 is 0 Å². The van der Waals surface area contributed by atoms with E-state index < -0.39 is 21.6 Å². The van der Waals surface area contributed by atoms with Crippen molar-refractivity contribution in [2.24, 2.45) is 0 Å². The second-order valence-electron chi connectivity index (χ2n) is 7.39. The van der Waals surface area contributed by atoms with Crippen molar-refractivity contribution in [1.29, 1.82) is 0 Å². The third-order valence-corrected chi connectivity index (χ3v) is 6.92. The molecule has 0 N–H and O–H groups in total. The van der Waals surface area contributed by atoms with Crippen LogP contribution in [0.5, 0.6) is 0 Å². The van der Waals surface area contributed by atoms with Crippen LogP contribution in [-0.4, -0.2) is 50.5 Å². The second-order valence-corrected chi connectivity index (χ2v) is 9.28. The first-order valence-electron chi connectivity index (χ1n) is 9.56. The van der Waals surface area contributed by atoms with E-state index in [1.807, 2.05) is 6.07 Å². The Kier molecular flexibility index (Phi) is 5.29. The molecule has 0 unspecified atom stereocenters. The maximum absolute atomic E-state index is 14.1. The smallest absolute Gasteiger partial charge is 0.256 e. The maximum atomic E-state index is 14.1. The summed E-state index contributed by atoms with van der Waals surface area (Å²) in [5.41, 5.74) is 1.80. The molecule has 0 bridgehead atoms. The van der Waals surface area contributed by atoms with E-state index in [1.54, 1.807) is 26.0 Å². The number of halogens is 1. The summed E-state index contributed by atoms with van der Waals surface area (Å²) < 4.78 is 46.8. The fourth-order valence-corrected chi connectivity index (χ4v) is 5.53. The lowest BCUT2D eigenvalue weighted by Crippen LogP contribution is -2.41. The first-order valence-corrected chi connectivity index (χ1v) is 11.0. The summed E-state index contributed by atoms with van der Waals surface area (Å²) in [6.45, 7) is 5.06. The second kappa shape index (κ2) is 7.77. The summed E-state index contributed by atoms with van der Waals surface area (Å²) in [7, 11) is -4.13. The SMILES string of the molecule is Cc1cc(C)cc(S(=O)(=O)c2c(C(=O)N3CCOCC3)cnc3ccc(F)cc23)c1. The molecular formula is C22H21FN2O4S. The Hall–Kier alpha value is -2.84. The molecule has 2 heterocycles. The van der Waals surface area contributed by atoms with Crippen LogP contribution in [-0.2, 0) is 14.6 Å². The summed E-state index contributed by atoms with van der Waals surface area (Å²) in [6.07, 6.45) is 1.27. The lowest BCUT2D eigenvalue weighted by Gasteiger charge is -2.27. The van der Waals surface area contributed by atoms with Crippen LogP contribution in [0.25, 0.3) is 10.9 Å². The molecular weight excluding hydrogens is 407 g/mol. The minimum atomic E-state index is -4.13. The van der Waals surface area contributed by atoms with Gasteiger partial charge in [0.2, 0.25) is 9.84 Å². The molecule has 0 saturated carbocycles. The molecule has 8 heteroatoms. The highest BCUT2D eigenvalue weighted by Gasteiger charge is 2.31. The Balaban J connectivity index is 2.00. The zero-order chi connectivity index (χ0) is 21.5. The number of fused-ring (bicyclic) bond motifs is 1. The average Bonchev–Trinajstić information content (AvgIpc) is 2.72. The highest BCUT2D eigenvalue weighted by Crippen LogP contribution is 2.32. The lowest BCUT2D eigenvalue weighted by molar-refractivity contribution is 0.0300. The molecule has 156 valence electrons. The number of hydrogen-bond acceptors (Lipinski definition) is 5. The molecule has 0 aliphatic carbocycles. The third-order valence-electron chi connectivity index (χ3n) is 5.08. The number of amides is 1. The van der Waals surface area contributed by atoms with Gasteiger partial charge >= 0.3 is 0 Å². The molecule has 6 nitrogen and oxygen atoms in total. The minimum Gasteiger partial charge on any atom is -0.378 e. The summed E-state index contributed by atoms with van der Waals surface area (Å²) in [6, 6.07) is 8.71. The summed E-state index contributed by atoms with van der Waals surface area (Å²) >= 11 is 0. The largest absolute Gasteiger partial charge is 0.378 e. The fraction of sp³-hybridized carbons (Fsp3) is 0.273. The van der Waals surface area contributed by atoms with Gasteiger partial charge in [0.25, 0.3) is 5.91 Å². The number of carbonyl (C=O) groups excluding carboxylic acids is 1. The normalized spacial score (nSPS) is 14.8. The molecule has 1 aliphatic rings. The van der Waals surface area contributed by atoms with Gasteiger partial charge in [-0.1, -0.05) is 6.07 Å². The van der Waals surface area contributed by atoms with Gasteiger partial charge in [0, 0.05) is 24.7 Å². The number of aryl methyl sites for hydroxylation is 2. The van der Waals surface area contributed by atoms with E-state index in [4.69, 9.17) is 4.74 Å². The van der Waals surface area contributed by atoms with Crippen LogP contribution in [0.15, 0.2) is 52.4 Å². The van der Waals surface area contributed by atoms with E-state index in [0.717, 1.165) is 17.2 Å². The number of morpholine rings is 1. The quantitative estimate of drug-likeness (QED) is 0.640. The van der Waals surface area contributed by atoms with E-state index in [1.165, 1.54) is 23.2 Å². The monoisotopic (exact) mass is 428 g/mol. The predicted octanol–water partition coefficient (Wildman–Crippen LogP) is 3.30. The number of benzene rings is 2. The minimum absolute atomic E-state index is 0.0610. The first-order chi connectivity index (χ1) is 14.3. The molecule has 1 saturated heterocycles. The zero-order valence-corrected chi connectivity index (χ0v) is 17.5. The van der Waals surface area contributed by atoms with Crippen LogP contribution in [0, 0.1) is 19.7 Å². The molecule has 30 heavy (non-hydrogen) atoms. The van der Waals surface area contributed by atoms with Crippen molar-refractivity contribution in [3.63, 3.8) is 0 Å². The van der Waals surface area contributed by atoms with Crippen molar-refractivity contribution in [1.82, 2.24) is 9.88 Å². The van der Waals surface area contributed by atoms with Crippen molar-refractivity contribution < 1.29 is 22.3 Å². The standard InChI is InChI=1S/C22H21FN2O4S/c1-14-9-15(2)11-17(10-14)30(27,28)21-18-12-16(23)3-4-20(18)24-13-19(21)22(26)25-5-7-29-8-6-25/h3-4,9-13H,5-8H2,1-2H3. The average molecular weight is 428 g/mol. The van der Waals surface area contributed by atoms with Crippen molar-refractivity contribution in [2.45, 2.75) is 23.6 Å². The topological polar surface area (TPSA) is 76.6 Å². The number of aromatic nitrogens is 1. The Labute approximate surface area is 174 Å². The molecule has 1 aromatic heterocycles. The number of nitrogens with zero attached hydrogens (tertiary/aromatic N) is 2. The molecule has 1 aliphatic heterocycles. The molecule has 1 amide bonds. The molecule has 0 spiro atoms. The predicted molar refractivity (Wildman–Crippen MR) is 110 cm³/mol. The Morgan fingerprint density at radius 3 is 2.40 bits per heavy atom. The third kappa shape index (κ3) is 3.68. The number of rotatable bonds is 3. The summed E-state index contributed by atoms with van der Waals surface area (Å²) in [4.78, 5) is 18.8. The number of ether oxygens (including phenoxy) is 1. The van der Waals surface area contributed by atoms with Gasteiger partial charge in [-0.3, -0.25) is 9.78 Å². The van der Waals surface area contributed by atoms with Gasteiger partial charge in [0.15, 0.2) is 0 Å². The fourth-order valence-electron chi connectivity index (χ4n) is 3.73. The van der Waals surface area contributed by atoms with Crippen LogP contribution in [0.2, 0.25) is 0 Å². The van der Waals surface area contributed by atoms with Gasteiger partial charge in [0.05, 0.1) is 34.1 Å². The number of pyridine rings is 1. The maximum Gasteiger partial charge on any atom is 0.256 e. The van der Waals surface area contributed by atoms with Crippen LogP contribution in [0.4, 0.5) is 4.39 Å². The molecule has 1 fully saturated rings. The Morgan fingerprint density at radius 1 is 1.07 bits per heavy atom. The van der Waals surface area contributed by atoms with Crippen molar-refractivity contribution in [3.8, 4) is 0 Å². The van der Waals surface area contributed by atoms with Gasteiger partial charge in [-0.15, -0.1) is 0 Å². The number of hydrogen-bond donors (Lipinski definition) is 0. The molecule has 2 aromatic carbocycles. The van der Waals surface area contributed by atoms with Gasteiger partial charge in [-0.25, -0.2) is 12.8 Å². The van der Waals surface area contributed by atoms with E-state index in [2.05, 4.69) is 4.98 Å². The van der Waals surface area contributed by atoms with Crippen molar-refractivity contribution >= 4 is 26.6 Å². The molecule has 0 atom stereocenters. The lowest BCUT2D eigenvalue weighted by atomic mass is 10.1. The molecule has 4 rings (SSSR count). The first kappa shape index (κ1) is 20.4. The van der Waals surface area contributed by atoms with Gasteiger partial charge in [-0.05, 0) is 55.3 Å². The summed E-state index contributed by atoms with van der Waals surface area (Å²) in [5, 5.41) is 0.0910. The number of sulfone groups is 1. The van der Waals surface area contributed by atoms with Crippen molar-refractivity contribution in [2.75, 3.05) is 26.3 Å². The van der Waals surface area contributed by atoms with E-state index in [9.17, 15) is 17.6 Å². The van der Waals surface area contributed by atoms with Gasteiger partial charge < -0.3 is 9.64 Å². The highest BCUT2D eigenvalue weighted by molar-refractivity contribution is 7.91. The van der Waals surface area contributed by atoms with Gasteiger partial charge in [0.1, 0.15) is 5.82 Å². The Bertz CT molecular complexity index is 1230. The Morgan fingerprint density at radius 2 is 1.73 bits per heavy atom.